The summed E-state index contributed by atoms with van der Waals surface area (Å²) in [5.74, 6) is 0.768. The first kappa shape index (κ1) is 32.3. The van der Waals surface area contributed by atoms with Crippen LogP contribution in [0.4, 0.5) is 5.69 Å². The summed E-state index contributed by atoms with van der Waals surface area (Å²) in [5, 5.41) is 16.5. The fraction of sp³-hybridized carbons (Fsp3) is 0.381. The van der Waals surface area contributed by atoms with E-state index >= 15 is 0 Å². The summed E-state index contributed by atoms with van der Waals surface area (Å²) in [4.78, 5) is 6.93. The molecule has 10 heteroatoms. The Morgan fingerprint density at radius 3 is 2.29 bits per heavy atom. The van der Waals surface area contributed by atoms with Crippen molar-refractivity contribution in [2.75, 3.05) is 38.6 Å². The third-order valence-corrected chi connectivity index (χ3v) is 5.06. The lowest BCUT2D eigenvalue weighted by molar-refractivity contribution is 0.128. The maximum atomic E-state index is 10.5. The second-order valence-corrected chi connectivity index (χ2v) is 6.99. The number of rotatable bonds is 8. The van der Waals surface area contributed by atoms with Crippen LogP contribution in [0.1, 0.15) is 13.8 Å². The van der Waals surface area contributed by atoms with Gasteiger partial charge in [0, 0.05) is 28.9 Å². The third kappa shape index (κ3) is 7.86. The maximum absolute atomic E-state index is 10.5. The number of hydrogen-bond acceptors (Lipinski definition) is 5. The highest BCUT2D eigenvalue weighted by Crippen LogP contribution is 2.34. The van der Waals surface area contributed by atoms with Crippen molar-refractivity contribution >= 4 is 88.7 Å². The van der Waals surface area contributed by atoms with Crippen LogP contribution in [-0.4, -0.2) is 54.4 Å². The summed E-state index contributed by atoms with van der Waals surface area (Å²) in [5.41, 5.74) is 2.61. The maximum Gasteiger partial charge on any atom is 0.119 e. The lowest BCUT2D eigenvalue weighted by Gasteiger charge is -2.23. The van der Waals surface area contributed by atoms with E-state index in [-0.39, 0.29) is 49.6 Å². The number of aliphatic hydroxyl groups is 1. The average molecular weight is 534 g/mol. The van der Waals surface area contributed by atoms with Gasteiger partial charge < -0.3 is 20.1 Å². The highest BCUT2D eigenvalue weighted by molar-refractivity contribution is 6.31. The Kier molecular flexibility index (Phi) is 15.6. The summed E-state index contributed by atoms with van der Waals surface area (Å²) >= 11 is 6.16. The molecule has 0 saturated heterocycles. The number of halogens is 5. The molecule has 0 radical (unpaired) electrons. The quantitative estimate of drug-likeness (QED) is 0.356. The van der Waals surface area contributed by atoms with Crippen LogP contribution >= 0.6 is 61.2 Å². The molecule has 0 saturated carbocycles. The number of nitrogens with zero attached hydrogens (tertiary/aromatic N) is 2. The van der Waals surface area contributed by atoms with Crippen LogP contribution in [0, 0.1) is 0 Å². The van der Waals surface area contributed by atoms with E-state index in [2.05, 4.69) is 24.1 Å². The SMILES string of the molecule is CCN(CC)CC(O)CNc1c2ccc(Cl)cc2nc2ccc(OC)cc12.Cl.Cl.Cl.Cl. The van der Waals surface area contributed by atoms with E-state index in [1.165, 1.54) is 0 Å². The number of likely N-dealkylation sites (N-methyl/N-ethyl adjacent to an activating group) is 1. The van der Waals surface area contributed by atoms with E-state index in [9.17, 15) is 5.11 Å². The van der Waals surface area contributed by atoms with Gasteiger partial charge in [0.2, 0.25) is 0 Å². The third-order valence-electron chi connectivity index (χ3n) is 4.82. The molecule has 0 amide bonds. The van der Waals surface area contributed by atoms with Crippen LogP contribution in [-0.2, 0) is 0 Å². The number of aromatic nitrogens is 1. The monoisotopic (exact) mass is 531 g/mol. The molecule has 3 rings (SSSR count). The van der Waals surface area contributed by atoms with E-state index in [1.807, 2.05) is 36.4 Å². The standard InChI is InChI=1S/C21H26ClN3O2.4ClH/c1-4-25(5-2)13-15(26)12-23-21-17-8-6-14(22)10-20(17)24-19-9-7-16(27-3)11-18(19)21;;;;/h6-11,15,26H,4-5,12-13H2,1-3H3,(H,23,24);4*1H. The number of methoxy groups -OCH3 is 1. The van der Waals surface area contributed by atoms with Gasteiger partial charge in [-0.05, 0) is 49.5 Å². The Morgan fingerprint density at radius 2 is 1.68 bits per heavy atom. The molecule has 0 fully saturated rings. The number of hydrogen-bond donors (Lipinski definition) is 2. The zero-order valence-electron chi connectivity index (χ0n) is 17.6. The summed E-state index contributed by atoms with van der Waals surface area (Å²) in [6.45, 7) is 7.13. The first-order valence-electron chi connectivity index (χ1n) is 9.27. The van der Waals surface area contributed by atoms with Gasteiger partial charge in [-0.25, -0.2) is 4.98 Å². The van der Waals surface area contributed by atoms with Gasteiger partial charge in [-0.3, -0.25) is 0 Å². The summed E-state index contributed by atoms with van der Waals surface area (Å²) in [7, 11) is 1.65. The van der Waals surface area contributed by atoms with E-state index < -0.39 is 6.10 Å². The molecule has 5 nitrogen and oxygen atoms in total. The van der Waals surface area contributed by atoms with Crippen LogP contribution in [0.25, 0.3) is 21.8 Å². The molecule has 0 aliphatic carbocycles. The van der Waals surface area contributed by atoms with Crippen molar-refractivity contribution in [2.24, 2.45) is 0 Å². The van der Waals surface area contributed by atoms with E-state index in [4.69, 9.17) is 21.3 Å². The van der Waals surface area contributed by atoms with Crippen molar-refractivity contribution in [2.45, 2.75) is 20.0 Å². The normalized spacial score (nSPS) is 11.0. The predicted octanol–water partition coefficient (Wildman–Crippen LogP) is 5.85. The molecule has 3 aromatic rings. The molecular formula is C21H30Cl5N3O2. The Bertz CT molecular complexity index is 942. The fourth-order valence-electron chi connectivity index (χ4n) is 3.28. The molecule has 1 atom stereocenters. The highest BCUT2D eigenvalue weighted by atomic mass is 35.5. The van der Waals surface area contributed by atoms with Gasteiger partial charge in [0.1, 0.15) is 5.75 Å². The molecule has 31 heavy (non-hydrogen) atoms. The van der Waals surface area contributed by atoms with Crippen LogP contribution in [0.5, 0.6) is 5.75 Å². The first-order chi connectivity index (χ1) is 13.0. The van der Waals surface area contributed by atoms with Crippen LogP contribution < -0.4 is 10.1 Å². The topological polar surface area (TPSA) is 57.6 Å². The van der Waals surface area contributed by atoms with Crippen LogP contribution in [0.15, 0.2) is 36.4 Å². The number of benzene rings is 2. The molecule has 1 heterocycles. The van der Waals surface area contributed by atoms with Crippen molar-refractivity contribution < 1.29 is 9.84 Å². The number of aliphatic hydroxyl groups excluding tert-OH is 1. The molecular weight excluding hydrogens is 504 g/mol. The number of pyridine rings is 1. The first-order valence-corrected chi connectivity index (χ1v) is 9.64. The van der Waals surface area contributed by atoms with Crippen molar-refractivity contribution in [1.82, 2.24) is 9.88 Å². The van der Waals surface area contributed by atoms with Crippen molar-refractivity contribution in [3.8, 4) is 5.75 Å². The van der Waals surface area contributed by atoms with E-state index in [1.54, 1.807) is 7.11 Å². The molecule has 0 aliphatic heterocycles. The van der Waals surface area contributed by atoms with Gasteiger partial charge in [-0.1, -0.05) is 25.4 Å². The second kappa shape index (κ2) is 15.0. The van der Waals surface area contributed by atoms with Crippen LogP contribution in [0.3, 0.4) is 0 Å². The van der Waals surface area contributed by atoms with Crippen molar-refractivity contribution in [3.05, 3.63) is 41.4 Å². The highest BCUT2D eigenvalue weighted by Gasteiger charge is 2.14. The van der Waals surface area contributed by atoms with Gasteiger partial charge in [0.15, 0.2) is 0 Å². The molecule has 176 valence electrons. The molecule has 0 spiro atoms. The Morgan fingerprint density at radius 1 is 1.00 bits per heavy atom. The molecule has 1 aromatic heterocycles. The zero-order chi connectivity index (χ0) is 19.4. The Hall–Kier alpha value is -0.920. The minimum absolute atomic E-state index is 0. The summed E-state index contributed by atoms with van der Waals surface area (Å²) in [6, 6.07) is 11.5. The largest absolute Gasteiger partial charge is 0.497 e. The summed E-state index contributed by atoms with van der Waals surface area (Å²) < 4.78 is 5.38. The van der Waals surface area contributed by atoms with Crippen molar-refractivity contribution in [3.63, 3.8) is 0 Å². The van der Waals surface area contributed by atoms with Gasteiger partial charge in [0.05, 0.1) is 29.9 Å². The Labute approximate surface area is 213 Å². The lowest BCUT2D eigenvalue weighted by atomic mass is 10.1. The molecule has 0 aliphatic rings. The minimum Gasteiger partial charge on any atom is -0.497 e. The van der Waals surface area contributed by atoms with Gasteiger partial charge >= 0.3 is 0 Å². The minimum atomic E-state index is -0.471. The second-order valence-electron chi connectivity index (χ2n) is 6.55. The Balaban J connectivity index is 0. The van der Waals surface area contributed by atoms with E-state index in [0.717, 1.165) is 46.3 Å². The van der Waals surface area contributed by atoms with Crippen molar-refractivity contribution in [1.29, 1.82) is 0 Å². The summed E-state index contributed by atoms with van der Waals surface area (Å²) in [6.07, 6.45) is -0.471. The number of fused-ring (bicyclic) bond motifs is 2. The predicted molar refractivity (Wildman–Crippen MR) is 142 cm³/mol. The van der Waals surface area contributed by atoms with Gasteiger partial charge in [-0.2, -0.15) is 0 Å². The number of ether oxygens (including phenoxy) is 1. The fourth-order valence-corrected chi connectivity index (χ4v) is 3.44. The smallest absolute Gasteiger partial charge is 0.119 e. The lowest BCUT2D eigenvalue weighted by Crippen LogP contribution is -2.36. The van der Waals surface area contributed by atoms with Gasteiger partial charge in [0.25, 0.3) is 0 Å². The average Bonchev–Trinajstić information content (AvgIpc) is 2.68. The van der Waals surface area contributed by atoms with Crippen LogP contribution in [0.2, 0.25) is 5.02 Å². The molecule has 2 N–H and O–H groups in total. The van der Waals surface area contributed by atoms with Gasteiger partial charge in [-0.15, -0.1) is 49.6 Å². The molecule has 0 bridgehead atoms. The number of anilines is 1. The zero-order valence-corrected chi connectivity index (χ0v) is 21.7. The van der Waals surface area contributed by atoms with E-state index in [0.29, 0.717) is 18.1 Å². The molecule has 1 unspecified atom stereocenters. The number of nitrogens with one attached hydrogen (secondary N) is 1. The molecule has 2 aromatic carbocycles.